The van der Waals surface area contributed by atoms with Crippen LogP contribution in [0.15, 0.2) is 49.2 Å². The number of pyridine rings is 1. The molecule has 0 unspecified atom stereocenters. The van der Waals surface area contributed by atoms with Gasteiger partial charge in [-0.05, 0) is 42.0 Å². The average molecular weight is 239 g/mol. The molecule has 2 heteroatoms. The van der Waals surface area contributed by atoms with Crippen molar-refractivity contribution in [3.63, 3.8) is 0 Å². The lowest BCUT2D eigenvalue weighted by molar-refractivity contribution is 0.622. The van der Waals surface area contributed by atoms with Crippen LogP contribution in [0.5, 0.6) is 0 Å². The standard InChI is InChI=1S/C16H14FN/c1-11(12-2-3-12)13-4-6-14(7-5-13)16-9-8-15(17)10-18-16/h4-10,12H,1-3H2. The summed E-state index contributed by atoms with van der Waals surface area (Å²) in [5.74, 6) is 0.372. The predicted molar refractivity (Wildman–Crippen MR) is 71.4 cm³/mol. The molecule has 0 atom stereocenters. The Morgan fingerprint density at radius 2 is 1.83 bits per heavy atom. The summed E-state index contributed by atoms with van der Waals surface area (Å²) in [5, 5.41) is 0. The number of rotatable bonds is 3. The fourth-order valence-corrected chi connectivity index (χ4v) is 2.07. The van der Waals surface area contributed by atoms with Crippen LogP contribution in [0.4, 0.5) is 4.39 Å². The van der Waals surface area contributed by atoms with E-state index in [1.807, 2.05) is 12.1 Å². The number of hydrogen-bond acceptors (Lipinski definition) is 1. The van der Waals surface area contributed by atoms with Gasteiger partial charge >= 0.3 is 0 Å². The highest BCUT2D eigenvalue weighted by Crippen LogP contribution is 2.40. The van der Waals surface area contributed by atoms with Crippen molar-refractivity contribution in [1.82, 2.24) is 4.98 Å². The first-order chi connectivity index (χ1) is 8.74. The Morgan fingerprint density at radius 3 is 2.39 bits per heavy atom. The SMILES string of the molecule is C=C(c1ccc(-c2ccc(F)cn2)cc1)C1CC1. The van der Waals surface area contributed by atoms with Gasteiger partial charge in [-0.1, -0.05) is 30.8 Å². The van der Waals surface area contributed by atoms with E-state index in [2.05, 4.69) is 23.7 Å². The Bertz CT molecular complexity index is 565. The van der Waals surface area contributed by atoms with Crippen LogP contribution in [0.3, 0.4) is 0 Å². The molecule has 90 valence electrons. The molecule has 0 radical (unpaired) electrons. The van der Waals surface area contributed by atoms with E-state index in [1.54, 1.807) is 6.07 Å². The molecule has 0 saturated heterocycles. The smallest absolute Gasteiger partial charge is 0.141 e. The molecule has 0 bridgehead atoms. The second-order valence-corrected chi connectivity index (χ2v) is 4.74. The third-order valence-corrected chi connectivity index (χ3v) is 3.35. The monoisotopic (exact) mass is 239 g/mol. The van der Waals surface area contributed by atoms with E-state index < -0.39 is 0 Å². The summed E-state index contributed by atoms with van der Waals surface area (Å²) in [5.41, 5.74) is 4.22. The van der Waals surface area contributed by atoms with Crippen molar-refractivity contribution in [3.8, 4) is 11.3 Å². The summed E-state index contributed by atoms with van der Waals surface area (Å²) in [7, 11) is 0. The molecule has 1 nitrogen and oxygen atoms in total. The molecule has 0 N–H and O–H groups in total. The number of halogens is 1. The molecule has 1 saturated carbocycles. The third-order valence-electron chi connectivity index (χ3n) is 3.35. The van der Waals surface area contributed by atoms with Crippen LogP contribution in [-0.4, -0.2) is 4.98 Å². The summed E-state index contributed by atoms with van der Waals surface area (Å²) >= 11 is 0. The van der Waals surface area contributed by atoms with Crippen LogP contribution in [0, 0.1) is 11.7 Å². The van der Waals surface area contributed by atoms with E-state index in [0.29, 0.717) is 5.92 Å². The van der Waals surface area contributed by atoms with Crippen molar-refractivity contribution in [2.75, 3.05) is 0 Å². The maximum atomic E-state index is 12.8. The molecule has 1 aromatic heterocycles. The van der Waals surface area contributed by atoms with Crippen LogP contribution in [-0.2, 0) is 0 Å². The highest BCUT2D eigenvalue weighted by atomic mass is 19.1. The molecule has 1 fully saturated rings. The fourth-order valence-electron chi connectivity index (χ4n) is 2.07. The maximum absolute atomic E-state index is 12.8. The number of nitrogens with zero attached hydrogens (tertiary/aromatic N) is 1. The Balaban J connectivity index is 1.86. The number of aromatic nitrogens is 1. The lowest BCUT2D eigenvalue weighted by Gasteiger charge is -2.06. The molecule has 3 rings (SSSR count). The zero-order valence-corrected chi connectivity index (χ0v) is 10.1. The zero-order valence-electron chi connectivity index (χ0n) is 10.1. The third kappa shape index (κ3) is 2.19. The van der Waals surface area contributed by atoms with E-state index in [0.717, 1.165) is 11.3 Å². The molecule has 0 aliphatic heterocycles. The van der Waals surface area contributed by atoms with E-state index in [-0.39, 0.29) is 5.82 Å². The van der Waals surface area contributed by atoms with Gasteiger partial charge in [0, 0.05) is 5.56 Å². The topological polar surface area (TPSA) is 12.9 Å². The minimum Gasteiger partial charge on any atom is -0.253 e. The molecular weight excluding hydrogens is 225 g/mol. The lowest BCUT2D eigenvalue weighted by atomic mass is 10.0. The molecule has 0 spiro atoms. The molecule has 1 aliphatic rings. The normalized spacial score (nSPS) is 14.5. The van der Waals surface area contributed by atoms with Crippen LogP contribution >= 0.6 is 0 Å². The fraction of sp³-hybridized carbons (Fsp3) is 0.188. The molecule has 0 amide bonds. The first kappa shape index (κ1) is 11.1. The zero-order chi connectivity index (χ0) is 12.5. The van der Waals surface area contributed by atoms with Gasteiger partial charge in [0.05, 0.1) is 11.9 Å². The largest absolute Gasteiger partial charge is 0.253 e. The van der Waals surface area contributed by atoms with Crippen molar-refractivity contribution in [2.45, 2.75) is 12.8 Å². The molecular formula is C16H14FN. The predicted octanol–water partition coefficient (Wildman–Crippen LogP) is 4.31. The van der Waals surface area contributed by atoms with Crippen molar-refractivity contribution in [2.24, 2.45) is 5.92 Å². The van der Waals surface area contributed by atoms with Gasteiger partial charge in [0.1, 0.15) is 5.82 Å². The van der Waals surface area contributed by atoms with E-state index >= 15 is 0 Å². The second-order valence-electron chi connectivity index (χ2n) is 4.74. The number of allylic oxidation sites excluding steroid dienone is 1. The molecule has 1 aliphatic carbocycles. The van der Waals surface area contributed by atoms with Gasteiger partial charge in [-0.2, -0.15) is 0 Å². The van der Waals surface area contributed by atoms with Crippen LogP contribution in [0.1, 0.15) is 18.4 Å². The minimum absolute atomic E-state index is 0.308. The summed E-state index contributed by atoms with van der Waals surface area (Å²) in [6, 6.07) is 11.3. The summed E-state index contributed by atoms with van der Waals surface area (Å²) < 4.78 is 12.8. The van der Waals surface area contributed by atoms with Gasteiger partial charge in [0.2, 0.25) is 0 Å². The van der Waals surface area contributed by atoms with Gasteiger partial charge in [-0.15, -0.1) is 0 Å². The van der Waals surface area contributed by atoms with Crippen molar-refractivity contribution >= 4 is 5.57 Å². The van der Waals surface area contributed by atoms with Gasteiger partial charge in [-0.25, -0.2) is 4.39 Å². The quantitative estimate of drug-likeness (QED) is 0.777. The van der Waals surface area contributed by atoms with E-state index in [9.17, 15) is 4.39 Å². The Labute approximate surface area is 106 Å². The van der Waals surface area contributed by atoms with E-state index in [4.69, 9.17) is 0 Å². The summed E-state index contributed by atoms with van der Waals surface area (Å²) in [6.45, 7) is 4.14. The summed E-state index contributed by atoms with van der Waals surface area (Å²) in [4.78, 5) is 4.07. The number of benzene rings is 1. The molecule has 2 aromatic rings. The Hall–Kier alpha value is -1.96. The average Bonchev–Trinajstić information content (AvgIpc) is 3.23. The van der Waals surface area contributed by atoms with Gasteiger partial charge in [0.25, 0.3) is 0 Å². The van der Waals surface area contributed by atoms with E-state index in [1.165, 1.54) is 36.2 Å². The highest BCUT2D eigenvalue weighted by molar-refractivity contribution is 5.70. The first-order valence-electron chi connectivity index (χ1n) is 6.15. The first-order valence-corrected chi connectivity index (χ1v) is 6.15. The minimum atomic E-state index is -0.308. The lowest BCUT2D eigenvalue weighted by Crippen LogP contribution is -1.87. The van der Waals surface area contributed by atoms with Gasteiger partial charge in [-0.3, -0.25) is 4.98 Å². The van der Waals surface area contributed by atoms with Crippen LogP contribution in [0.2, 0.25) is 0 Å². The number of hydrogen-bond donors (Lipinski definition) is 0. The second kappa shape index (κ2) is 4.37. The Kier molecular flexibility index (Phi) is 2.71. The van der Waals surface area contributed by atoms with Crippen LogP contribution < -0.4 is 0 Å². The van der Waals surface area contributed by atoms with Crippen LogP contribution in [0.25, 0.3) is 16.8 Å². The van der Waals surface area contributed by atoms with Gasteiger partial charge in [0.15, 0.2) is 0 Å². The van der Waals surface area contributed by atoms with Crippen molar-refractivity contribution in [1.29, 1.82) is 0 Å². The molecule has 1 aromatic carbocycles. The molecule has 1 heterocycles. The Morgan fingerprint density at radius 1 is 1.11 bits per heavy atom. The molecule has 18 heavy (non-hydrogen) atoms. The van der Waals surface area contributed by atoms with Crippen molar-refractivity contribution in [3.05, 3.63) is 60.6 Å². The van der Waals surface area contributed by atoms with Gasteiger partial charge < -0.3 is 0 Å². The highest BCUT2D eigenvalue weighted by Gasteiger charge is 2.25. The van der Waals surface area contributed by atoms with Crippen molar-refractivity contribution < 1.29 is 4.39 Å². The summed E-state index contributed by atoms with van der Waals surface area (Å²) in [6.07, 6.45) is 3.77. The maximum Gasteiger partial charge on any atom is 0.141 e.